The van der Waals surface area contributed by atoms with Crippen molar-refractivity contribution in [3.8, 4) is 0 Å². The molecule has 4 nitrogen and oxygen atoms in total. The Kier molecular flexibility index (Phi) is 5.44. The summed E-state index contributed by atoms with van der Waals surface area (Å²) < 4.78 is 0. The maximum atomic E-state index is 13.0. The largest absolute Gasteiger partial charge is 0.341 e. The number of amides is 2. The normalized spacial score (nSPS) is 13.4. The molecule has 5 heteroatoms. The maximum absolute atomic E-state index is 13.0. The number of thioether (sulfide) groups is 1. The van der Waals surface area contributed by atoms with Gasteiger partial charge >= 0.3 is 0 Å². The molecule has 2 N–H and O–H groups in total. The number of carbonyl (C=O) groups is 2. The minimum Gasteiger partial charge on any atom is -0.341 e. The van der Waals surface area contributed by atoms with Crippen LogP contribution < -0.4 is 10.6 Å². The van der Waals surface area contributed by atoms with Crippen molar-refractivity contribution in [3.05, 3.63) is 95.6 Å². The van der Waals surface area contributed by atoms with Gasteiger partial charge in [-0.25, -0.2) is 0 Å². The molecule has 3 aromatic rings. The van der Waals surface area contributed by atoms with Gasteiger partial charge in [0.1, 0.15) is 0 Å². The topological polar surface area (TPSA) is 58.2 Å². The van der Waals surface area contributed by atoms with Crippen LogP contribution in [0.1, 0.15) is 33.9 Å². The molecule has 140 valence electrons. The average Bonchev–Trinajstić information content (AvgIpc) is 2.93. The van der Waals surface area contributed by atoms with Gasteiger partial charge in [0.2, 0.25) is 5.91 Å². The molecule has 0 saturated heterocycles. The Morgan fingerprint density at radius 3 is 2.21 bits per heavy atom. The molecule has 4 rings (SSSR count). The van der Waals surface area contributed by atoms with Gasteiger partial charge in [-0.05, 0) is 29.3 Å². The molecule has 0 unspecified atom stereocenters. The van der Waals surface area contributed by atoms with Crippen molar-refractivity contribution in [1.82, 2.24) is 5.32 Å². The summed E-state index contributed by atoms with van der Waals surface area (Å²) in [5.74, 6) is 0.549. The van der Waals surface area contributed by atoms with Crippen molar-refractivity contribution < 1.29 is 9.59 Å². The van der Waals surface area contributed by atoms with Crippen LogP contribution in [0, 0.1) is 0 Å². The van der Waals surface area contributed by atoms with Crippen LogP contribution in [0.2, 0.25) is 0 Å². The van der Waals surface area contributed by atoms with Crippen molar-refractivity contribution >= 4 is 29.3 Å². The van der Waals surface area contributed by atoms with E-state index < -0.39 is 0 Å². The smallest absolute Gasteiger partial charge is 0.252 e. The molecular formula is C23H20N2O2S. The summed E-state index contributed by atoms with van der Waals surface area (Å²) in [5, 5.41) is 6.04. The fourth-order valence-electron chi connectivity index (χ4n) is 3.23. The number of hydrogen-bond donors (Lipinski definition) is 2. The zero-order valence-corrected chi connectivity index (χ0v) is 16.0. The van der Waals surface area contributed by atoms with E-state index in [4.69, 9.17) is 0 Å². The van der Waals surface area contributed by atoms with Crippen LogP contribution in [0.4, 0.5) is 5.69 Å². The third-order valence-electron chi connectivity index (χ3n) is 4.64. The summed E-state index contributed by atoms with van der Waals surface area (Å²) >= 11 is 1.63. The number of anilines is 1. The van der Waals surface area contributed by atoms with Crippen LogP contribution in [0.25, 0.3) is 0 Å². The van der Waals surface area contributed by atoms with Crippen molar-refractivity contribution in [2.24, 2.45) is 0 Å². The lowest BCUT2D eigenvalue weighted by atomic mass is 9.98. The number of fused-ring (bicyclic) bond motifs is 1. The number of rotatable bonds is 4. The monoisotopic (exact) mass is 388 g/mol. The van der Waals surface area contributed by atoms with E-state index in [0.717, 1.165) is 21.8 Å². The number of hydrogen-bond acceptors (Lipinski definition) is 3. The second-order valence-corrected chi connectivity index (χ2v) is 7.72. The van der Waals surface area contributed by atoms with Crippen LogP contribution in [-0.4, -0.2) is 17.6 Å². The molecule has 0 atom stereocenters. The highest BCUT2D eigenvalue weighted by Crippen LogP contribution is 2.32. The predicted molar refractivity (Wildman–Crippen MR) is 113 cm³/mol. The molecular weight excluding hydrogens is 368 g/mol. The average molecular weight is 388 g/mol. The Morgan fingerprint density at radius 1 is 0.929 bits per heavy atom. The highest BCUT2D eigenvalue weighted by Gasteiger charge is 2.20. The summed E-state index contributed by atoms with van der Waals surface area (Å²) in [6.45, 7) is 0. The minimum atomic E-state index is -0.252. The molecule has 0 fully saturated rings. The summed E-state index contributed by atoms with van der Waals surface area (Å²) in [4.78, 5) is 25.9. The van der Waals surface area contributed by atoms with Crippen molar-refractivity contribution in [3.63, 3.8) is 0 Å². The van der Waals surface area contributed by atoms with Crippen LogP contribution in [-0.2, 0) is 4.79 Å². The van der Waals surface area contributed by atoms with E-state index in [0.29, 0.717) is 17.7 Å². The number of benzene rings is 3. The predicted octanol–water partition coefficient (Wildman–Crippen LogP) is 4.64. The second kappa shape index (κ2) is 8.31. The van der Waals surface area contributed by atoms with Gasteiger partial charge < -0.3 is 10.6 Å². The first-order valence-corrected chi connectivity index (χ1v) is 10.2. The fraction of sp³-hybridized carbons (Fsp3) is 0.130. The van der Waals surface area contributed by atoms with Crippen LogP contribution in [0.15, 0.2) is 83.8 Å². The molecule has 3 aromatic carbocycles. The van der Waals surface area contributed by atoms with E-state index in [1.807, 2.05) is 72.8 Å². The van der Waals surface area contributed by atoms with Crippen molar-refractivity contribution in [1.29, 1.82) is 0 Å². The first-order chi connectivity index (χ1) is 13.7. The lowest BCUT2D eigenvalue weighted by Crippen LogP contribution is -2.29. The third-order valence-corrected chi connectivity index (χ3v) is 5.72. The SMILES string of the molecule is O=C1CCSc2ccc(C(=O)NC(c3ccccc3)c3ccccc3)cc2N1. The standard InChI is InChI=1S/C23H20N2O2S/c26-21-13-14-28-20-12-11-18(15-19(20)24-21)23(27)25-22(16-7-3-1-4-8-16)17-9-5-2-6-10-17/h1-12,15,22H,13-14H2,(H,24,26)(H,25,27). The Balaban J connectivity index is 1.63. The molecule has 0 spiro atoms. The maximum Gasteiger partial charge on any atom is 0.252 e. The molecule has 0 aliphatic carbocycles. The Labute approximate surface area is 168 Å². The minimum absolute atomic E-state index is 0.0183. The van der Waals surface area contributed by atoms with E-state index in [9.17, 15) is 9.59 Å². The zero-order chi connectivity index (χ0) is 19.3. The van der Waals surface area contributed by atoms with Gasteiger partial charge in [0.25, 0.3) is 5.91 Å². The van der Waals surface area contributed by atoms with Gasteiger partial charge in [-0.2, -0.15) is 0 Å². The Hall–Kier alpha value is -3.05. The second-order valence-electron chi connectivity index (χ2n) is 6.59. The summed E-state index contributed by atoms with van der Waals surface area (Å²) in [5.41, 5.74) is 3.26. The van der Waals surface area contributed by atoms with Gasteiger partial charge in [-0.1, -0.05) is 60.7 Å². The van der Waals surface area contributed by atoms with Crippen LogP contribution in [0.3, 0.4) is 0 Å². The van der Waals surface area contributed by atoms with Gasteiger partial charge in [-0.15, -0.1) is 11.8 Å². The van der Waals surface area contributed by atoms with Gasteiger partial charge in [0.05, 0.1) is 11.7 Å². The third kappa shape index (κ3) is 4.10. The van der Waals surface area contributed by atoms with E-state index in [1.165, 1.54) is 0 Å². The molecule has 28 heavy (non-hydrogen) atoms. The highest BCUT2D eigenvalue weighted by molar-refractivity contribution is 7.99. The number of carbonyl (C=O) groups excluding carboxylic acids is 2. The molecule has 0 aromatic heterocycles. The lowest BCUT2D eigenvalue weighted by Gasteiger charge is -2.20. The molecule has 1 heterocycles. The first kappa shape index (κ1) is 18.3. The molecule has 0 bridgehead atoms. The zero-order valence-electron chi connectivity index (χ0n) is 15.2. The number of nitrogens with one attached hydrogen (secondary N) is 2. The summed E-state index contributed by atoms with van der Waals surface area (Å²) in [7, 11) is 0. The Bertz CT molecular complexity index is 950. The molecule has 0 saturated carbocycles. The highest BCUT2D eigenvalue weighted by atomic mass is 32.2. The molecule has 2 amide bonds. The van der Waals surface area contributed by atoms with Gasteiger partial charge in [0.15, 0.2) is 0 Å². The summed E-state index contributed by atoms with van der Waals surface area (Å²) in [6, 6.07) is 25.0. The van der Waals surface area contributed by atoms with Crippen LogP contribution >= 0.6 is 11.8 Å². The van der Waals surface area contributed by atoms with Gasteiger partial charge in [0, 0.05) is 22.6 Å². The van der Waals surface area contributed by atoms with Crippen molar-refractivity contribution in [2.45, 2.75) is 17.4 Å². The quantitative estimate of drug-likeness (QED) is 0.685. The first-order valence-electron chi connectivity index (χ1n) is 9.18. The van der Waals surface area contributed by atoms with Crippen molar-refractivity contribution in [2.75, 3.05) is 11.1 Å². The fourth-order valence-corrected chi connectivity index (χ4v) is 4.16. The lowest BCUT2D eigenvalue weighted by molar-refractivity contribution is -0.115. The molecule has 1 aliphatic rings. The molecule has 1 aliphatic heterocycles. The summed E-state index contributed by atoms with van der Waals surface area (Å²) in [6.07, 6.45) is 0.477. The van der Waals surface area contributed by atoms with E-state index in [1.54, 1.807) is 17.8 Å². The van der Waals surface area contributed by atoms with Gasteiger partial charge in [-0.3, -0.25) is 9.59 Å². The van der Waals surface area contributed by atoms with Crippen LogP contribution in [0.5, 0.6) is 0 Å². The molecule has 0 radical (unpaired) electrons. The van der Waals surface area contributed by atoms with E-state index in [2.05, 4.69) is 10.6 Å². The Morgan fingerprint density at radius 2 is 1.57 bits per heavy atom. The van der Waals surface area contributed by atoms with E-state index >= 15 is 0 Å². The van der Waals surface area contributed by atoms with E-state index in [-0.39, 0.29) is 17.9 Å².